The van der Waals surface area contributed by atoms with E-state index in [2.05, 4.69) is 48.6 Å². The molecule has 1 aromatic heterocycles. The molecule has 0 saturated heterocycles. The van der Waals surface area contributed by atoms with E-state index in [0.717, 1.165) is 26.2 Å². The van der Waals surface area contributed by atoms with Crippen LogP contribution in [0, 0.1) is 0 Å². The third-order valence-corrected chi connectivity index (χ3v) is 5.25. The Bertz CT molecular complexity index is 412. The third-order valence-electron chi connectivity index (χ3n) is 4.35. The number of hydrogen-bond acceptors (Lipinski definition) is 5. The second-order valence-corrected chi connectivity index (χ2v) is 7.10. The summed E-state index contributed by atoms with van der Waals surface area (Å²) in [6, 6.07) is 0. The lowest BCUT2D eigenvalue weighted by atomic mass is 9.75. The average Bonchev–Trinajstić information content (AvgIpc) is 2.78. The second-order valence-electron chi connectivity index (χ2n) is 6.16. The van der Waals surface area contributed by atoms with Gasteiger partial charge in [-0.15, -0.1) is 11.3 Å². The largest absolute Gasteiger partial charge is 0.311 e. The molecule has 5 heteroatoms. The molecule has 1 aliphatic carbocycles. The molecule has 0 bridgehead atoms. The highest BCUT2D eigenvalue weighted by Crippen LogP contribution is 2.36. The maximum atomic E-state index is 4.71. The minimum Gasteiger partial charge on any atom is -0.311 e. The van der Waals surface area contributed by atoms with Crippen molar-refractivity contribution in [2.45, 2.75) is 44.8 Å². The van der Waals surface area contributed by atoms with Crippen LogP contribution < -0.4 is 5.32 Å². The summed E-state index contributed by atoms with van der Waals surface area (Å²) in [6.07, 6.45) is 4.02. The van der Waals surface area contributed by atoms with E-state index < -0.39 is 0 Å². The molecule has 1 fully saturated rings. The number of aromatic nitrogens is 1. The fourth-order valence-electron chi connectivity index (χ4n) is 2.90. The molecule has 0 spiro atoms. The molecule has 1 aromatic rings. The fourth-order valence-corrected chi connectivity index (χ4v) is 3.66. The molecular weight excluding hydrogens is 268 g/mol. The van der Waals surface area contributed by atoms with E-state index in [4.69, 9.17) is 4.98 Å². The van der Waals surface area contributed by atoms with Crippen molar-refractivity contribution in [3.05, 3.63) is 16.1 Å². The zero-order valence-corrected chi connectivity index (χ0v) is 14.1. The average molecular weight is 296 g/mol. The summed E-state index contributed by atoms with van der Waals surface area (Å²) in [5, 5.41) is 6.73. The van der Waals surface area contributed by atoms with Crippen LogP contribution in [0.1, 0.15) is 36.9 Å². The first-order valence-electron chi connectivity index (χ1n) is 7.56. The smallest absolute Gasteiger partial charge is 0.107 e. The van der Waals surface area contributed by atoms with Gasteiger partial charge in [0.05, 0.1) is 5.69 Å². The van der Waals surface area contributed by atoms with Crippen LogP contribution in [0.25, 0.3) is 0 Å². The first-order chi connectivity index (χ1) is 9.55. The molecule has 1 N–H and O–H groups in total. The van der Waals surface area contributed by atoms with Crippen LogP contribution >= 0.6 is 11.3 Å². The summed E-state index contributed by atoms with van der Waals surface area (Å²) in [4.78, 5) is 9.54. The molecule has 1 aliphatic rings. The molecule has 2 rings (SSSR count). The molecule has 0 amide bonds. The van der Waals surface area contributed by atoms with Crippen molar-refractivity contribution in [2.24, 2.45) is 0 Å². The van der Waals surface area contributed by atoms with E-state index in [1.54, 1.807) is 11.3 Å². The van der Waals surface area contributed by atoms with Crippen molar-refractivity contribution < 1.29 is 0 Å². The summed E-state index contributed by atoms with van der Waals surface area (Å²) in [6.45, 7) is 6.12. The fraction of sp³-hybridized carbons (Fsp3) is 0.800. The van der Waals surface area contributed by atoms with Gasteiger partial charge in [-0.25, -0.2) is 4.98 Å². The highest BCUT2D eigenvalue weighted by molar-refractivity contribution is 7.09. The van der Waals surface area contributed by atoms with Gasteiger partial charge in [-0.3, -0.25) is 4.90 Å². The Kier molecular flexibility index (Phi) is 5.55. The van der Waals surface area contributed by atoms with E-state index >= 15 is 0 Å². The van der Waals surface area contributed by atoms with Crippen LogP contribution in [0.15, 0.2) is 5.38 Å². The molecule has 0 unspecified atom stereocenters. The minimum atomic E-state index is 0.400. The lowest BCUT2D eigenvalue weighted by Gasteiger charge is -2.49. The highest BCUT2D eigenvalue weighted by Gasteiger charge is 2.39. The first-order valence-corrected chi connectivity index (χ1v) is 8.44. The second kappa shape index (κ2) is 6.98. The zero-order valence-electron chi connectivity index (χ0n) is 13.3. The molecule has 0 aromatic carbocycles. The number of nitrogens with zero attached hydrogens (tertiary/aromatic N) is 3. The molecule has 0 radical (unpaired) electrons. The van der Waals surface area contributed by atoms with E-state index in [9.17, 15) is 0 Å². The molecule has 1 heterocycles. The number of thiazole rings is 1. The van der Waals surface area contributed by atoms with Gasteiger partial charge in [0.15, 0.2) is 0 Å². The third kappa shape index (κ3) is 3.79. The van der Waals surface area contributed by atoms with Crippen LogP contribution in [-0.4, -0.2) is 54.6 Å². The van der Waals surface area contributed by atoms with Gasteiger partial charge in [-0.2, -0.15) is 0 Å². The monoisotopic (exact) mass is 296 g/mol. The molecule has 0 aliphatic heterocycles. The van der Waals surface area contributed by atoms with Crippen LogP contribution in [0.2, 0.25) is 0 Å². The summed E-state index contributed by atoms with van der Waals surface area (Å²) in [5.41, 5.74) is 1.61. The van der Waals surface area contributed by atoms with Gasteiger partial charge < -0.3 is 10.2 Å². The highest BCUT2D eigenvalue weighted by atomic mass is 32.1. The summed E-state index contributed by atoms with van der Waals surface area (Å²) >= 11 is 1.76. The van der Waals surface area contributed by atoms with Gasteiger partial charge in [0.2, 0.25) is 0 Å². The zero-order chi connectivity index (χ0) is 14.6. The van der Waals surface area contributed by atoms with E-state index in [0.29, 0.717) is 5.54 Å². The van der Waals surface area contributed by atoms with Crippen LogP contribution in [0.4, 0.5) is 0 Å². The van der Waals surface area contributed by atoms with Gasteiger partial charge in [0.1, 0.15) is 5.01 Å². The Morgan fingerprint density at radius 1 is 1.35 bits per heavy atom. The SMILES string of the molecule is CCNCc1nc(CN(C)CC2(N(C)C)CCC2)cs1. The Labute approximate surface area is 127 Å². The van der Waals surface area contributed by atoms with Crippen LogP contribution in [0.5, 0.6) is 0 Å². The van der Waals surface area contributed by atoms with Crippen molar-refractivity contribution in [1.82, 2.24) is 20.1 Å². The summed E-state index contributed by atoms with van der Waals surface area (Å²) in [7, 11) is 6.64. The standard InChI is InChI=1S/C15H28N4S/c1-5-16-9-14-17-13(11-20-14)10-19(4)12-15(18(2)3)7-6-8-15/h11,16H,5-10,12H2,1-4H3. The summed E-state index contributed by atoms with van der Waals surface area (Å²) in [5.74, 6) is 0. The lowest BCUT2D eigenvalue weighted by molar-refractivity contribution is 0.0256. The van der Waals surface area contributed by atoms with Crippen molar-refractivity contribution in [1.29, 1.82) is 0 Å². The summed E-state index contributed by atoms with van der Waals surface area (Å²) < 4.78 is 0. The molecule has 1 saturated carbocycles. The number of hydrogen-bond donors (Lipinski definition) is 1. The molecular formula is C15H28N4S. The van der Waals surface area contributed by atoms with Gasteiger partial charge in [0.25, 0.3) is 0 Å². The van der Waals surface area contributed by atoms with Gasteiger partial charge in [-0.1, -0.05) is 6.92 Å². The van der Waals surface area contributed by atoms with Crippen molar-refractivity contribution in [3.8, 4) is 0 Å². The number of nitrogens with one attached hydrogen (secondary N) is 1. The number of rotatable bonds is 8. The predicted molar refractivity (Wildman–Crippen MR) is 86.1 cm³/mol. The predicted octanol–water partition coefficient (Wildman–Crippen LogP) is 2.17. The molecule has 20 heavy (non-hydrogen) atoms. The Morgan fingerprint density at radius 3 is 2.65 bits per heavy atom. The van der Waals surface area contributed by atoms with Crippen molar-refractivity contribution in [3.63, 3.8) is 0 Å². The van der Waals surface area contributed by atoms with Gasteiger partial charge in [-0.05, 0) is 47.0 Å². The molecule has 114 valence electrons. The van der Waals surface area contributed by atoms with Gasteiger partial charge in [0, 0.05) is 30.6 Å². The topological polar surface area (TPSA) is 31.4 Å². The first kappa shape index (κ1) is 15.9. The van der Waals surface area contributed by atoms with Crippen LogP contribution in [0.3, 0.4) is 0 Å². The minimum absolute atomic E-state index is 0.400. The molecule has 0 atom stereocenters. The molecule has 4 nitrogen and oxygen atoms in total. The van der Waals surface area contributed by atoms with E-state index in [-0.39, 0.29) is 0 Å². The van der Waals surface area contributed by atoms with Gasteiger partial charge >= 0.3 is 0 Å². The maximum absolute atomic E-state index is 4.71. The van der Waals surface area contributed by atoms with Crippen LogP contribution in [-0.2, 0) is 13.1 Å². The van der Waals surface area contributed by atoms with Crippen molar-refractivity contribution >= 4 is 11.3 Å². The van der Waals surface area contributed by atoms with E-state index in [1.807, 2.05) is 0 Å². The normalized spacial score (nSPS) is 17.7. The number of likely N-dealkylation sites (N-methyl/N-ethyl adjacent to an activating group) is 2. The Morgan fingerprint density at radius 2 is 2.10 bits per heavy atom. The van der Waals surface area contributed by atoms with Crippen molar-refractivity contribution in [2.75, 3.05) is 34.2 Å². The Balaban J connectivity index is 1.84. The van der Waals surface area contributed by atoms with E-state index in [1.165, 1.54) is 30.0 Å². The quantitative estimate of drug-likeness (QED) is 0.797. The lowest BCUT2D eigenvalue weighted by Crippen LogP contribution is -2.56. The Hall–Kier alpha value is -0.490. The maximum Gasteiger partial charge on any atom is 0.107 e.